The summed E-state index contributed by atoms with van der Waals surface area (Å²) in [4.78, 5) is 16.1. The number of amides is 1. The third-order valence-corrected chi connectivity index (χ3v) is 3.31. The van der Waals surface area contributed by atoms with Crippen LogP contribution in [0.3, 0.4) is 0 Å². The molecule has 1 amide bonds. The van der Waals surface area contributed by atoms with Crippen LogP contribution in [-0.4, -0.2) is 26.4 Å². The Morgan fingerprint density at radius 1 is 1.27 bits per heavy atom. The molecule has 2 N–H and O–H groups in total. The van der Waals surface area contributed by atoms with Crippen molar-refractivity contribution < 1.29 is 9.90 Å². The summed E-state index contributed by atoms with van der Waals surface area (Å²) in [5.74, 6) is 0.0144. The van der Waals surface area contributed by atoms with Crippen molar-refractivity contribution in [1.29, 1.82) is 0 Å². The van der Waals surface area contributed by atoms with Crippen molar-refractivity contribution in [2.24, 2.45) is 5.10 Å². The van der Waals surface area contributed by atoms with E-state index in [-0.39, 0.29) is 11.3 Å². The molecule has 110 valence electrons. The van der Waals surface area contributed by atoms with E-state index < -0.39 is 5.91 Å². The summed E-state index contributed by atoms with van der Waals surface area (Å²) in [5.41, 5.74) is 2.61. The molecule has 0 spiro atoms. The monoisotopic (exact) mass is 294 g/mol. The third-order valence-electron chi connectivity index (χ3n) is 3.31. The molecule has 0 unspecified atom stereocenters. The molecule has 3 aromatic rings. The van der Waals surface area contributed by atoms with E-state index in [2.05, 4.69) is 15.5 Å². The van der Waals surface area contributed by atoms with Gasteiger partial charge in [0.2, 0.25) is 0 Å². The Bertz CT molecular complexity index is 854. The molecule has 0 aliphatic rings. The Morgan fingerprint density at radius 3 is 2.68 bits per heavy atom. The first-order valence-electron chi connectivity index (χ1n) is 6.70. The van der Waals surface area contributed by atoms with Gasteiger partial charge in [-0.3, -0.25) is 9.36 Å². The second-order valence-electron chi connectivity index (χ2n) is 4.79. The number of carbonyl (C=O) groups excluding carboxylic acids is 1. The van der Waals surface area contributed by atoms with Crippen LogP contribution in [0.25, 0.3) is 10.8 Å². The van der Waals surface area contributed by atoms with E-state index in [4.69, 9.17) is 0 Å². The number of rotatable bonds is 2. The number of fused-ring (bicyclic) bond motifs is 1. The summed E-state index contributed by atoms with van der Waals surface area (Å²) in [7, 11) is 0. The van der Waals surface area contributed by atoms with Gasteiger partial charge in [-0.1, -0.05) is 24.3 Å². The number of nitrogens with zero attached hydrogens (tertiary/aromatic N) is 3. The van der Waals surface area contributed by atoms with Crippen molar-refractivity contribution in [3.63, 3.8) is 0 Å². The van der Waals surface area contributed by atoms with Gasteiger partial charge in [-0.05, 0) is 29.8 Å². The van der Waals surface area contributed by atoms with Gasteiger partial charge in [0.1, 0.15) is 17.9 Å². The number of aromatic hydroxyl groups is 1. The van der Waals surface area contributed by atoms with Crippen LogP contribution in [0.15, 0.2) is 60.2 Å². The molecule has 22 heavy (non-hydrogen) atoms. The number of hydrogen-bond donors (Lipinski definition) is 2. The predicted octanol–water partition coefficient (Wildman–Crippen LogP) is 2.35. The molecule has 1 aromatic heterocycles. The zero-order chi connectivity index (χ0) is 15.5. The topological polar surface area (TPSA) is 79.5 Å². The molecule has 0 aliphatic carbocycles. The second-order valence-corrected chi connectivity index (χ2v) is 4.79. The Balaban J connectivity index is 1.86. The zero-order valence-corrected chi connectivity index (χ0v) is 11.9. The lowest BCUT2D eigenvalue weighted by atomic mass is 10.1. The maximum Gasteiger partial charge on any atom is 0.275 e. The third kappa shape index (κ3) is 2.67. The number of benzene rings is 2. The maximum absolute atomic E-state index is 12.2. The SMILES string of the molecule is C/C(=N\NC(=O)c1cc2ccccc2cc1O)n1ccnc1. The van der Waals surface area contributed by atoms with Crippen LogP contribution in [0.4, 0.5) is 0 Å². The summed E-state index contributed by atoms with van der Waals surface area (Å²) in [6.45, 7) is 1.74. The molecule has 0 bridgehead atoms. The number of imidazole rings is 1. The normalized spacial score (nSPS) is 11.6. The molecule has 0 radical (unpaired) electrons. The van der Waals surface area contributed by atoms with E-state index in [0.717, 1.165) is 10.8 Å². The van der Waals surface area contributed by atoms with Gasteiger partial charge in [0, 0.05) is 12.4 Å². The number of aromatic nitrogens is 2. The molecule has 6 nitrogen and oxygen atoms in total. The summed E-state index contributed by atoms with van der Waals surface area (Å²) in [6.07, 6.45) is 4.92. The molecule has 6 heteroatoms. The van der Waals surface area contributed by atoms with Crippen molar-refractivity contribution in [2.45, 2.75) is 6.92 Å². The van der Waals surface area contributed by atoms with Crippen molar-refractivity contribution >= 4 is 22.5 Å². The minimum atomic E-state index is -0.470. The highest BCUT2D eigenvalue weighted by molar-refractivity contribution is 6.01. The quantitative estimate of drug-likeness (QED) is 0.432. The fourth-order valence-corrected chi connectivity index (χ4v) is 2.11. The fourth-order valence-electron chi connectivity index (χ4n) is 2.11. The molecule has 1 heterocycles. The average Bonchev–Trinajstić information content (AvgIpc) is 3.06. The lowest BCUT2D eigenvalue weighted by molar-refractivity contribution is 0.0952. The molecule has 0 aliphatic heterocycles. The van der Waals surface area contributed by atoms with Gasteiger partial charge in [0.25, 0.3) is 5.91 Å². The van der Waals surface area contributed by atoms with Gasteiger partial charge >= 0.3 is 0 Å². The van der Waals surface area contributed by atoms with E-state index in [1.165, 1.54) is 0 Å². The van der Waals surface area contributed by atoms with Gasteiger partial charge in [-0.2, -0.15) is 5.10 Å². The van der Waals surface area contributed by atoms with Gasteiger partial charge in [-0.15, -0.1) is 0 Å². The number of phenolic OH excluding ortho intramolecular Hbond substituents is 1. The highest BCUT2D eigenvalue weighted by Crippen LogP contribution is 2.24. The minimum Gasteiger partial charge on any atom is -0.507 e. The van der Waals surface area contributed by atoms with Gasteiger partial charge in [0.15, 0.2) is 0 Å². The standard InChI is InChI=1S/C16H14N4O2/c1-11(20-7-6-17-10-20)18-19-16(22)14-8-12-4-2-3-5-13(12)9-15(14)21/h2-10,21H,1H3,(H,19,22)/b18-11+. The van der Waals surface area contributed by atoms with E-state index >= 15 is 0 Å². The van der Waals surface area contributed by atoms with E-state index in [1.807, 2.05) is 24.3 Å². The lowest BCUT2D eigenvalue weighted by Gasteiger charge is -2.07. The Kier molecular flexibility index (Phi) is 3.57. The van der Waals surface area contributed by atoms with E-state index in [9.17, 15) is 9.90 Å². The van der Waals surface area contributed by atoms with Gasteiger partial charge in [-0.25, -0.2) is 10.4 Å². The molecule has 0 atom stereocenters. The Labute approximate surface area is 126 Å². The molecule has 2 aromatic carbocycles. The van der Waals surface area contributed by atoms with Crippen LogP contribution in [0.5, 0.6) is 5.75 Å². The number of hydrazone groups is 1. The molecular weight excluding hydrogens is 280 g/mol. The smallest absolute Gasteiger partial charge is 0.275 e. The summed E-state index contributed by atoms with van der Waals surface area (Å²) < 4.78 is 1.67. The van der Waals surface area contributed by atoms with Crippen molar-refractivity contribution in [3.8, 4) is 5.75 Å². The van der Waals surface area contributed by atoms with Crippen molar-refractivity contribution in [3.05, 3.63) is 60.7 Å². The number of hydrogen-bond acceptors (Lipinski definition) is 4. The maximum atomic E-state index is 12.2. The van der Waals surface area contributed by atoms with Crippen molar-refractivity contribution in [1.82, 2.24) is 15.0 Å². The first-order valence-corrected chi connectivity index (χ1v) is 6.70. The van der Waals surface area contributed by atoms with Crippen molar-refractivity contribution in [2.75, 3.05) is 0 Å². The average molecular weight is 294 g/mol. The summed E-state index contributed by atoms with van der Waals surface area (Å²) in [6, 6.07) is 10.7. The van der Waals surface area contributed by atoms with Gasteiger partial charge in [0.05, 0.1) is 5.56 Å². The molecule has 0 saturated heterocycles. The fraction of sp³-hybridized carbons (Fsp3) is 0.0625. The zero-order valence-electron chi connectivity index (χ0n) is 11.9. The number of carbonyl (C=O) groups is 1. The number of phenols is 1. The van der Waals surface area contributed by atoms with E-state index in [1.54, 1.807) is 42.3 Å². The second kappa shape index (κ2) is 5.69. The molecule has 3 rings (SSSR count). The Morgan fingerprint density at radius 2 is 2.00 bits per heavy atom. The summed E-state index contributed by atoms with van der Waals surface area (Å²) >= 11 is 0. The molecular formula is C16H14N4O2. The first kappa shape index (κ1) is 13.8. The highest BCUT2D eigenvalue weighted by atomic mass is 16.3. The van der Waals surface area contributed by atoms with E-state index in [0.29, 0.717) is 5.84 Å². The lowest BCUT2D eigenvalue weighted by Crippen LogP contribution is -2.21. The Hall–Kier alpha value is -3.15. The van der Waals surface area contributed by atoms with Crippen LogP contribution < -0.4 is 5.43 Å². The largest absolute Gasteiger partial charge is 0.507 e. The van der Waals surface area contributed by atoms with Gasteiger partial charge < -0.3 is 5.11 Å². The number of nitrogens with one attached hydrogen (secondary N) is 1. The molecule has 0 saturated carbocycles. The predicted molar refractivity (Wildman–Crippen MR) is 83.8 cm³/mol. The van der Waals surface area contributed by atoms with Crippen LogP contribution in [-0.2, 0) is 0 Å². The summed E-state index contributed by atoms with van der Waals surface area (Å²) in [5, 5.41) is 15.7. The van der Waals surface area contributed by atoms with Crippen LogP contribution in [0, 0.1) is 0 Å². The van der Waals surface area contributed by atoms with Crippen LogP contribution in [0.2, 0.25) is 0 Å². The first-order chi connectivity index (χ1) is 10.6. The minimum absolute atomic E-state index is 0.0771. The molecule has 0 fully saturated rings. The van der Waals surface area contributed by atoms with Crippen LogP contribution >= 0.6 is 0 Å². The highest BCUT2D eigenvalue weighted by Gasteiger charge is 2.12. The van der Waals surface area contributed by atoms with Crippen LogP contribution in [0.1, 0.15) is 17.3 Å².